The van der Waals surface area contributed by atoms with Crippen LogP contribution in [0.15, 0.2) is 16.6 Å². The molecule has 0 saturated heterocycles. The summed E-state index contributed by atoms with van der Waals surface area (Å²) >= 11 is 3.44. The Hall–Kier alpha value is -1.36. The summed E-state index contributed by atoms with van der Waals surface area (Å²) in [5.74, 6) is -1.07. The van der Waals surface area contributed by atoms with Crippen molar-refractivity contribution in [3.05, 3.63) is 27.7 Å². The van der Waals surface area contributed by atoms with Crippen LogP contribution >= 0.6 is 15.9 Å². The van der Waals surface area contributed by atoms with E-state index in [4.69, 9.17) is 5.11 Å². The first-order valence-electron chi connectivity index (χ1n) is 6.39. The zero-order valence-electron chi connectivity index (χ0n) is 12.2. The average molecular weight is 342 g/mol. The number of amides is 1. The van der Waals surface area contributed by atoms with Gasteiger partial charge in [-0.2, -0.15) is 0 Å². The van der Waals surface area contributed by atoms with Gasteiger partial charge in [-0.05, 0) is 52.4 Å². The molecule has 0 aliphatic rings. The highest BCUT2D eigenvalue weighted by atomic mass is 79.9. The molecule has 0 fully saturated rings. The second kappa shape index (κ2) is 6.39. The van der Waals surface area contributed by atoms with Gasteiger partial charge in [0.2, 0.25) is 5.91 Å². The Bertz CT molecular complexity index is 515. The van der Waals surface area contributed by atoms with Crippen LogP contribution in [0.3, 0.4) is 0 Å². The van der Waals surface area contributed by atoms with Gasteiger partial charge in [-0.15, -0.1) is 0 Å². The lowest BCUT2D eigenvalue weighted by molar-refractivity contribution is -0.139. The molecule has 20 heavy (non-hydrogen) atoms. The van der Waals surface area contributed by atoms with Crippen LogP contribution in [0.4, 0.5) is 5.69 Å². The van der Waals surface area contributed by atoms with E-state index in [2.05, 4.69) is 21.2 Å². The molecule has 1 rings (SSSR count). The van der Waals surface area contributed by atoms with Crippen LogP contribution in [0.1, 0.15) is 37.8 Å². The van der Waals surface area contributed by atoms with Gasteiger partial charge >= 0.3 is 5.97 Å². The maximum absolute atomic E-state index is 12.1. The molecular weight excluding hydrogens is 322 g/mol. The third kappa shape index (κ3) is 4.96. The smallest absolute Gasteiger partial charge is 0.303 e. The highest BCUT2D eigenvalue weighted by molar-refractivity contribution is 9.10. The molecule has 110 valence electrons. The lowest BCUT2D eigenvalue weighted by atomic mass is 9.85. The summed E-state index contributed by atoms with van der Waals surface area (Å²) in [6.45, 7) is 7.46. The Labute approximate surface area is 127 Å². The van der Waals surface area contributed by atoms with E-state index in [1.807, 2.05) is 26.0 Å². The zero-order valence-corrected chi connectivity index (χ0v) is 13.8. The van der Waals surface area contributed by atoms with Crippen LogP contribution in [-0.4, -0.2) is 17.0 Å². The number of aryl methyl sites for hydroxylation is 2. The molecule has 1 amide bonds. The molecule has 0 atom stereocenters. The van der Waals surface area contributed by atoms with Crippen molar-refractivity contribution in [3.63, 3.8) is 0 Å². The number of aliphatic carboxylic acids is 1. The molecule has 0 radical (unpaired) electrons. The summed E-state index contributed by atoms with van der Waals surface area (Å²) in [5.41, 5.74) is 2.26. The largest absolute Gasteiger partial charge is 0.481 e. The van der Waals surface area contributed by atoms with Crippen molar-refractivity contribution in [1.29, 1.82) is 0 Å². The third-order valence-corrected chi connectivity index (χ3v) is 3.59. The van der Waals surface area contributed by atoms with E-state index in [0.717, 1.165) is 21.3 Å². The van der Waals surface area contributed by atoms with Gasteiger partial charge in [0, 0.05) is 10.9 Å². The first-order valence-corrected chi connectivity index (χ1v) is 7.18. The van der Waals surface area contributed by atoms with Crippen LogP contribution in [0, 0.1) is 19.3 Å². The standard InChI is InChI=1S/C15H20BrNO3/c1-9-5-10(2)14(11(16)6-9)17-12(18)7-15(3,4)8-13(19)20/h5-6H,7-8H2,1-4H3,(H,17,18)(H,19,20). The molecule has 0 saturated carbocycles. The Morgan fingerprint density at radius 3 is 2.35 bits per heavy atom. The Kier molecular flexibility index (Phi) is 5.34. The van der Waals surface area contributed by atoms with Gasteiger partial charge in [0.25, 0.3) is 0 Å². The van der Waals surface area contributed by atoms with Crippen molar-refractivity contribution < 1.29 is 14.7 Å². The number of anilines is 1. The van der Waals surface area contributed by atoms with Gasteiger partial charge in [0.1, 0.15) is 0 Å². The topological polar surface area (TPSA) is 66.4 Å². The molecule has 0 bridgehead atoms. The SMILES string of the molecule is Cc1cc(C)c(NC(=O)CC(C)(C)CC(=O)O)c(Br)c1. The van der Waals surface area contributed by atoms with Gasteiger partial charge in [-0.3, -0.25) is 9.59 Å². The molecule has 0 unspecified atom stereocenters. The Morgan fingerprint density at radius 2 is 1.85 bits per heavy atom. The summed E-state index contributed by atoms with van der Waals surface area (Å²) in [6.07, 6.45) is 0.132. The van der Waals surface area contributed by atoms with Crippen molar-refractivity contribution in [3.8, 4) is 0 Å². The molecule has 0 aromatic heterocycles. The monoisotopic (exact) mass is 341 g/mol. The van der Waals surface area contributed by atoms with Gasteiger partial charge < -0.3 is 10.4 Å². The van der Waals surface area contributed by atoms with Crippen LogP contribution in [0.25, 0.3) is 0 Å². The molecular formula is C15H20BrNO3. The highest BCUT2D eigenvalue weighted by Crippen LogP contribution is 2.30. The fourth-order valence-electron chi connectivity index (χ4n) is 2.16. The highest BCUT2D eigenvalue weighted by Gasteiger charge is 2.25. The minimum Gasteiger partial charge on any atom is -0.481 e. The maximum atomic E-state index is 12.1. The predicted molar refractivity (Wildman–Crippen MR) is 82.9 cm³/mol. The van der Waals surface area contributed by atoms with Crippen molar-refractivity contribution in [1.82, 2.24) is 0 Å². The number of rotatable bonds is 5. The van der Waals surface area contributed by atoms with E-state index in [1.165, 1.54) is 0 Å². The normalized spacial score (nSPS) is 11.2. The van der Waals surface area contributed by atoms with Gasteiger partial charge in [-0.25, -0.2) is 0 Å². The number of hydrogen-bond donors (Lipinski definition) is 2. The predicted octanol–water partition coefficient (Wildman–Crippen LogP) is 3.90. The van der Waals surface area contributed by atoms with E-state index in [1.54, 1.807) is 13.8 Å². The molecule has 4 nitrogen and oxygen atoms in total. The van der Waals surface area contributed by atoms with Gasteiger partial charge in [-0.1, -0.05) is 19.9 Å². The van der Waals surface area contributed by atoms with E-state index in [9.17, 15) is 9.59 Å². The molecule has 1 aromatic rings. The number of halogens is 1. The average Bonchev–Trinajstić information content (AvgIpc) is 2.20. The number of carbonyl (C=O) groups excluding carboxylic acids is 1. The van der Waals surface area contributed by atoms with Crippen molar-refractivity contribution in [2.45, 2.75) is 40.5 Å². The first kappa shape index (κ1) is 16.7. The van der Waals surface area contributed by atoms with E-state index >= 15 is 0 Å². The zero-order chi connectivity index (χ0) is 15.5. The summed E-state index contributed by atoms with van der Waals surface area (Å²) in [5, 5.41) is 11.7. The Morgan fingerprint density at radius 1 is 1.25 bits per heavy atom. The van der Waals surface area contributed by atoms with Gasteiger partial charge in [0.05, 0.1) is 12.1 Å². The van der Waals surface area contributed by atoms with Crippen molar-refractivity contribution in [2.75, 3.05) is 5.32 Å². The molecule has 0 aliphatic heterocycles. The van der Waals surface area contributed by atoms with Crippen LogP contribution in [0.2, 0.25) is 0 Å². The van der Waals surface area contributed by atoms with Crippen molar-refractivity contribution >= 4 is 33.5 Å². The number of hydrogen-bond acceptors (Lipinski definition) is 2. The van der Waals surface area contributed by atoms with Crippen LogP contribution in [0.5, 0.6) is 0 Å². The molecule has 1 aromatic carbocycles. The molecule has 0 heterocycles. The number of carboxylic acid groups (broad SMARTS) is 1. The molecule has 2 N–H and O–H groups in total. The first-order chi connectivity index (χ1) is 9.10. The van der Waals surface area contributed by atoms with Gasteiger partial charge in [0.15, 0.2) is 0 Å². The number of nitrogens with one attached hydrogen (secondary N) is 1. The number of benzene rings is 1. The molecule has 0 spiro atoms. The summed E-state index contributed by atoms with van der Waals surface area (Å²) in [6, 6.07) is 3.92. The second-order valence-electron chi connectivity index (χ2n) is 5.90. The summed E-state index contributed by atoms with van der Waals surface area (Å²) in [7, 11) is 0. The molecule has 0 aliphatic carbocycles. The summed E-state index contributed by atoms with van der Waals surface area (Å²) < 4.78 is 0.833. The van der Waals surface area contributed by atoms with Crippen molar-refractivity contribution in [2.24, 2.45) is 5.41 Å². The number of carboxylic acids is 1. The minimum absolute atomic E-state index is 0.0333. The quantitative estimate of drug-likeness (QED) is 0.853. The minimum atomic E-state index is -0.893. The maximum Gasteiger partial charge on any atom is 0.303 e. The fourth-order valence-corrected chi connectivity index (χ4v) is 2.94. The second-order valence-corrected chi connectivity index (χ2v) is 6.75. The number of carbonyl (C=O) groups is 2. The lowest BCUT2D eigenvalue weighted by Crippen LogP contribution is -2.25. The van der Waals surface area contributed by atoms with E-state index in [0.29, 0.717) is 0 Å². The Balaban J connectivity index is 2.79. The lowest BCUT2D eigenvalue weighted by Gasteiger charge is -2.22. The van der Waals surface area contributed by atoms with E-state index < -0.39 is 11.4 Å². The summed E-state index contributed by atoms with van der Waals surface area (Å²) in [4.78, 5) is 22.8. The fraction of sp³-hybridized carbons (Fsp3) is 0.467. The molecule has 5 heteroatoms. The third-order valence-electron chi connectivity index (χ3n) is 2.97. The van der Waals surface area contributed by atoms with E-state index in [-0.39, 0.29) is 18.7 Å². The van der Waals surface area contributed by atoms with Crippen LogP contribution < -0.4 is 5.32 Å². The van der Waals surface area contributed by atoms with Crippen LogP contribution in [-0.2, 0) is 9.59 Å².